The number of fused-ring (bicyclic) bond motifs is 3. The molecule has 0 aliphatic carbocycles. The van der Waals surface area contributed by atoms with Gasteiger partial charge in [-0.15, -0.1) is 0 Å². The summed E-state index contributed by atoms with van der Waals surface area (Å²) >= 11 is 0. The molecule has 0 radical (unpaired) electrons. The molecule has 3 heterocycles. The topological polar surface area (TPSA) is 185 Å². The summed E-state index contributed by atoms with van der Waals surface area (Å²) in [6, 6.07) is 11.1. The number of aliphatic hydroxyl groups is 8. The highest BCUT2D eigenvalue weighted by atomic mass is 16.5. The normalized spacial score (nSPS) is 31.9. The Balaban J connectivity index is 1.47. The van der Waals surface area contributed by atoms with E-state index in [2.05, 4.69) is 23.7 Å². The van der Waals surface area contributed by atoms with E-state index in [9.17, 15) is 40.9 Å². The molecule has 9 atom stereocenters. The van der Waals surface area contributed by atoms with Crippen molar-refractivity contribution in [2.75, 3.05) is 19.8 Å². The van der Waals surface area contributed by atoms with E-state index >= 15 is 0 Å². The van der Waals surface area contributed by atoms with E-state index < -0.39 is 61.5 Å². The second-order valence-electron chi connectivity index (χ2n) is 10.3. The van der Waals surface area contributed by atoms with Crippen LogP contribution in [0.25, 0.3) is 21.8 Å². The monoisotopic (exact) mass is 567 g/mol. The molecule has 3 aromatic rings. The van der Waals surface area contributed by atoms with Gasteiger partial charge in [0.25, 0.3) is 0 Å². The summed E-state index contributed by atoms with van der Waals surface area (Å²) in [5, 5.41) is 81.0. The molecule has 2 saturated heterocycles. The Bertz CT molecular complexity index is 1510. The van der Waals surface area contributed by atoms with Crippen molar-refractivity contribution < 1.29 is 50.3 Å². The zero-order valence-corrected chi connectivity index (χ0v) is 22.0. The second-order valence-corrected chi connectivity index (χ2v) is 10.3. The Kier molecular flexibility index (Phi) is 8.94. The number of benzene rings is 2. The number of hydrogen-bond acceptors (Lipinski definition) is 10. The maximum absolute atomic E-state index is 10.3. The summed E-state index contributed by atoms with van der Waals surface area (Å²) in [6.45, 7) is -0.667. The summed E-state index contributed by atoms with van der Waals surface area (Å²) in [4.78, 5) is 0. The van der Waals surface area contributed by atoms with Gasteiger partial charge in [-0.1, -0.05) is 35.8 Å². The fourth-order valence-corrected chi connectivity index (χ4v) is 5.31. The molecule has 0 spiro atoms. The molecule has 0 saturated carbocycles. The zero-order chi connectivity index (χ0) is 29.3. The van der Waals surface area contributed by atoms with E-state index in [-0.39, 0.29) is 26.2 Å². The quantitative estimate of drug-likeness (QED) is 0.167. The van der Waals surface area contributed by atoms with Crippen molar-refractivity contribution >= 4 is 21.8 Å². The second kappa shape index (κ2) is 12.4. The molecule has 0 bridgehead atoms. The number of rotatable bonds is 4. The van der Waals surface area contributed by atoms with Crippen LogP contribution in [0, 0.1) is 23.7 Å². The molecule has 0 amide bonds. The molecule has 2 aliphatic heterocycles. The average molecular weight is 568 g/mol. The lowest BCUT2D eigenvalue weighted by Crippen LogP contribution is -2.58. The van der Waals surface area contributed by atoms with Crippen LogP contribution in [-0.4, -0.2) is 120 Å². The fraction of sp³-hybridized carbons (Fsp3) is 0.467. The molecule has 8 unspecified atom stereocenters. The predicted octanol–water partition coefficient (Wildman–Crippen LogP) is -1.80. The van der Waals surface area contributed by atoms with Crippen molar-refractivity contribution in [3.05, 3.63) is 47.5 Å². The minimum Gasteiger partial charge on any atom is -0.395 e. The van der Waals surface area contributed by atoms with E-state index in [0.29, 0.717) is 11.1 Å². The Hall–Kier alpha value is -3.04. The van der Waals surface area contributed by atoms with Crippen LogP contribution in [0.3, 0.4) is 0 Å². The van der Waals surface area contributed by atoms with Crippen molar-refractivity contribution in [3.63, 3.8) is 0 Å². The van der Waals surface area contributed by atoms with Crippen LogP contribution < -0.4 is 0 Å². The van der Waals surface area contributed by atoms with Crippen LogP contribution in [-0.2, 0) is 16.0 Å². The van der Waals surface area contributed by atoms with Gasteiger partial charge in [-0.3, -0.25) is 0 Å². The fourth-order valence-electron chi connectivity index (χ4n) is 5.31. The lowest BCUT2D eigenvalue weighted by atomic mass is 9.95. The van der Waals surface area contributed by atoms with Crippen molar-refractivity contribution in [1.82, 2.24) is 4.57 Å². The Morgan fingerprint density at radius 1 is 0.707 bits per heavy atom. The van der Waals surface area contributed by atoms with E-state index in [0.717, 1.165) is 21.8 Å². The van der Waals surface area contributed by atoms with Gasteiger partial charge in [0.15, 0.2) is 0 Å². The molecule has 41 heavy (non-hydrogen) atoms. The lowest BCUT2D eigenvalue weighted by Gasteiger charge is -2.37. The van der Waals surface area contributed by atoms with Crippen molar-refractivity contribution in [2.24, 2.45) is 0 Å². The first kappa shape index (κ1) is 29.5. The molecule has 2 fully saturated rings. The third kappa shape index (κ3) is 5.84. The van der Waals surface area contributed by atoms with E-state index in [1.165, 1.54) is 0 Å². The molecule has 1 aromatic heterocycles. The molecule has 11 heteroatoms. The SMILES string of the molecule is OCCn1c2cc(C#CC3OC(CO)CC(O)C3O)ccc2c2ccc(C#CC3OC(CO)[C@@H](O)C(O)C3O)cc21. The summed E-state index contributed by atoms with van der Waals surface area (Å²) in [6.07, 6.45) is -10.3. The highest BCUT2D eigenvalue weighted by molar-refractivity contribution is 6.08. The van der Waals surface area contributed by atoms with E-state index in [1.807, 2.05) is 34.9 Å². The summed E-state index contributed by atoms with van der Waals surface area (Å²) in [5.74, 6) is 11.5. The number of hydrogen-bond donors (Lipinski definition) is 8. The van der Waals surface area contributed by atoms with Gasteiger partial charge in [0.05, 0.1) is 43.1 Å². The van der Waals surface area contributed by atoms with Gasteiger partial charge in [-0.05, 0) is 24.3 Å². The Morgan fingerprint density at radius 2 is 1.29 bits per heavy atom. The number of aliphatic hydroxyl groups excluding tert-OH is 8. The third-order valence-electron chi connectivity index (χ3n) is 7.55. The lowest BCUT2D eigenvalue weighted by molar-refractivity contribution is -0.214. The van der Waals surface area contributed by atoms with Crippen LogP contribution in [0.5, 0.6) is 0 Å². The molecule has 11 nitrogen and oxygen atoms in total. The van der Waals surface area contributed by atoms with Crippen LogP contribution in [0.15, 0.2) is 36.4 Å². The van der Waals surface area contributed by atoms with Crippen LogP contribution in [0.4, 0.5) is 0 Å². The van der Waals surface area contributed by atoms with Gasteiger partial charge >= 0.3 is 0 Å². The van der Waals surface area contributed by atoms with Crippen molar-refractivity contribution in [2.45, 2.75) is 67.9 Å². The maximum Gasteiger partial charge on any atom is 0.147 e. The van der Waals surface area contributed by atoms with Crippen LogP contribution in [0.1, 0.15) is 17.5 Å². The summed E-state index contributed by atoms with van der Waals surface area (Å²) in [5.41, 5.74) is 2.80. The van der Waals surface area contributed by atoms with Gasteiger partial charge in [0.1, 0.15) is 42.7 Å². The first-order valence-corrected chi connectivity index (χ1v) is 13.4. The van der Waals surface area contributed by atoms with E-state index in [4.69, 9.17) is 9.47 Å². The van der Waals surface area contributed by atoms with Gasteiger partial charge in [0, 0.05) is 34.9 Å². The smallest absolute Gasteiger partial charge is 0.147 e. The molecule has 2 aliphatic rings. The summed E-state index contributed by atoms with van der Waals surface area (Å²) < 4.78 is 13.0. The number of ether oxygens (including phenoxy) is 2. The van der Waals surface area contributed by atoms with Crippen LogP contribution >= 0.6 is 0 Å². The van der Waals surface area contributed by atoms with E-state index in [1.54, 1.807) is 6.07 Å². The maximum atomic E-state index is 10.3. The predicted molar refractivity (Wildman–Crippen MR) is 146 cm³/mol. The first-order valence-electron chi connectivity index (χ1n) is 13.4. The molecule has 2 aromatic carbocycles. The van der Waals surface area contributed by atoms with Gasteiger partial charge in [-0.25, -0.2) is 0 Å². The Morgan fingerprint density at radius 3 is 1.83 bits per heavy atom. The summed E-state index contributed by atoms with van der Waals surface area (Å²) in [7, 11) is 0. The number of aromatic nitrogens is 1. The third-order valence-corrected chi connectivity index (χ3v) is 7.55. The zero-order valence-electron chi connectivity index (χ0n) is 22.0. The molecular weight excluding hydrogens is 534 g/mol. The molecule has 5 rings (SSSR count). The molecule has 218 valence electrons. The van der Waals surface area contributed by atoms with Gasteiger partial charge in [0.2, 0.25) is 0 Å². The largest absolute Gasteiger partial charge is 0.395 e. The van der Waals surface area contributed by atoms with Crippen LogP contribution in [0.2, 0.25) is 0 Å². The standard InChI is InChI=1S/C30H33NO10/c32-10-9-31-21-11-16(3-7-24-27(36)23(35)13-18(14-33)40-24)1-5-19(21)20-6-2-17(12-22(20)31)4-8-25-28(37)30(39)29(38)26(15-34)41-25/h1-2,5-6,11-12,18,23-30,32-39H,9-10,13-15H2/t18?,23?,24?,25?,26?,27?,28?,29-,30?/m1/s1. The minimum absolute atomic E-state index is 0.123. The molecule has 8 N–H and O–H groups in total. The molecular formula is C30H33NO10. The van der Waals surface area contributed by atoms with Gasteiger partial charge in [-0.2, -0.15) is 0 Å². The highest BCUT2D eigenvalue weighted by Crippen LogP contribution is 2.31. The van der Waals surface area contributed by atoms with Crippen molar-refractivity contribution in [1.29, 1.82) is 0 Å². The average Bonchev–Trinajstić information content (AvgIpc) is 3.28. The van der Waals surface area contributed by atoms with Gasteiger partial charge < -0.3 is 54.9 Å². The highest BCUT2D eigenvalue weighted by Gasteiger charge is 2.42. The first-order chi connectivity index (χ1) is 19.7. The number of nitrogens with zero attached hydrogens (tertiary/aromatic N) is 1. The minimum atomic E-state index is -1.51. The van der Waals surface area contributed by atoms with Crippen molar-refractivity contribution in [3.8, 4) is 23.7 Å². The Labute approximate surface area is 235 Å².